The lowest BCUT2D eigenvalue weighted by atomic mass is 10.1. The van der Waals surface area contributed by atoms with E-state index in [9.17, 15) is 4.79 Å². The fraction of sp³-hybridized carbons (Fsp3) is 0.154. The largest absolute Gasteiger partial charge is 0.356 e. The maximum atomic E-state index is 12.6. The topological polar surface area (TPSA) is 49.0 Å². The van der Waals surface area contributed by atoms with E-state index >= 15 is 0 Å². The molecule has 0 saturated heterocycles. The van der Waals surface area contributed by atoms with Crippen LogP contribution in [0.2, 0.25) is 0 Å². The first-order valence-electron chi connectivity index (χ1n) is 10.1. The Hall–Kier alpha value is -3.49. The molecule has 3 aromatic carbocycles. The summed E-state index contributed by atoms with van der Waals surface area (Å²) in [6, 6.07) is 22.5. The first kappa shape index (κ1) is 20.8. The monoisotopic (exact) mass is 425 g/mol. The van der Waals surface area contributed by atoms with E-state index in [0.717, 1.165) is 11.3 Å². The van der Waals surface area contributed by atoms with E-state index in [1.807, 2.05) is 18.2 Å². The highest BCUT2D eigenvalue weighted by Crippen LogP contribution is 2.31. The lowest BCUT2D eigenvalue weighted by Crippen LogP contribution is -2.24. The molecule has 0 aliphatic rings. The van der Waals surface area contributed by atoms with Crippen LogP contribution in [0.4, 0.5) is 5.69 Å². The van der Waals surface area contributed by atoms with Gasteiger partial charge in [0.15, 0.2) is 0 Å². The van der Waals surface area contributed by atoms with Gasteiger partial charge in [0.1, 0.15) is 5.82 Å². The first-order valence-corrected chi connectivity index (χ1v) is 10.9. The summed E-state index contributed by atoms with van der Waals surface area (Å²) in [4.78, 5) is 24.4. The highest BCUT2D eigenvalue weighted by atomic mass is 32.2. The van der Waals surface area contributed by atoms with Crippen molar-refractivity contribution in [2.24, 2.45) is 0 Å². The molecular weight excluding hydrogens is 402 g/mol. The van der Waals surface area contributed by atoms with Crippen molar-refractivity contribution in [2.45, 2.75) is 30.2 Å². The molecule has 0 saturated carbocycles. The van der Waals surface area contributed by atoms with Crippen molar-refractivity contribution in [3.63, 3.8) is 0 Å². The Balaban J connectivity index is 1.62. The van der Waals surface area contributed by atoms with Gasteiger partial charge in [0.25, 0.3) is 5.56 Å². The minimum atomic E-state index is -0.122. The molecule has 5 heteroatoms. The number of anilines is 1. The highest BCUT2D eigenvalue weighted by molar-refractivity contribution is 7.99. The molecule has 31 heavy (non-hydrogen) atoms. The van der Waals surface area contributed by atoms with Gasteiger partial charge < -0.3 is 9.88 Å². The maximum absolute atomic E-state index is 12.6. The van der Waals surface area contributed by atoms with Crippen LogP contribution in [-0.4, -0.2) is 16.5 Å². The molecule has 1 N–H and O–H groups in total. The number of nitrogens with one attached hydrogen (secondary N) is 1. The SMILES string of the molecule is C#CCN(Cc1cccc2nc(C)[nH]c(=O)c12)c1ccc(Sc2ccccc2C)cc1. The van der Waals surface area contributed by atoms with Gasteiger partial charge in [0, 0.05) is 22.0 Å². The molecule has 0 radical (unpaired) electrons. The fourth-order valence-corrected chi connectivity index (χ4v) is 4.49. The fourth-order valence-electron chi connectivity index (χ4n) is 3.59. The summed E-state index contributed by atoms with van der Waals surface area (Å²) in [5, 5.41) is 0.613. The third-order valence-electron chi connectivity index (χ3n) is 5.11. The molecule has 4 rings (SSSR count). The zero-order valence-corrected chi connectivity index (χ0v) is 18.4. The number of H-pyrrole nitrogens is 1. The smallest absolute Gasteiger partial charge is 0.259 e. The molecule has 1 heterocycles. The van der Waals surface area contributed by atoms with Crippen LogP contribution in [0.5, 0.6) is 0 Å². The Morgan fingerprint density at radius 2 is 1.81 bits per heavy atom. The molecule has 4 aromatic rings. The number of hydrogen-bond donors (Lipinski definition) is 1. The van der Waals surface area contributed by atoms with E-state index in [1.54, 1.807) is 18.7 Å². The number of hydrogen-bond acceptors (Lipinski definition) is 4. The number of rotatable bonds is 6. The molecule has 0 fully saturated rings. The van der Waals surface area contributed by atoms with Crippen LogP contribution in [0.25, 0.3) is 10.9 Å². The van der Waals surface area contributed by atoms with Crippen molar-refractivity contribution in [3.8, 4) is 12.3 Å². The average Bonchev–Trinajstić information content (AvgIpc) is 2.75. The zero-order valence-electron chi connectivity index (χ0n) is 17.6. The van der Waals surface area contributed by atoms with Gasteiger partial charge in [-0.3, -0.25) is 4.79 Å². The van der Waals surface area contributed by atoms with Gasteiger partial charge in [0.05, 0.1) is 17.4 Å². The number of aromatic nitrogens is 2. The first-order chi connectivity index (χ1) is 15.0. The minimum Gasteiger partial charge on any atom is -0.356 e. The Kier molecular flexibility index (Phi) is 6.11. The summed E-state index contributed by atoms with van der Waals surface area (Å²) in [7, 11) is 0. The number of nitrogens with zero attached hydrogens (tertiary/aromatic N) is 2. The quantitative estimate of drug-likeness (QED) is 0.424. The Bertz CT molecular complexity index is 1320. The van der Waals surface area contributed by atoms with Crippen molar-refractivity contribution in [2.75, 3.05) is 11.4 Å². The van der Waals surface area contributed by atoms with E-state index in [-0.39, 0.29) is 5.56 Å². The van der Waals surface area contributed by atoms with Crippen LogP contribution < -0.4 is 10.5 Å². The van der Waals surface area contributed by atoms with Gasteiger partial charge in [-0.2, -0.15) is 0 Å². The van der Waals surface area contributed by atoms with E-state index < -0.39 is 0 Å². The molecule has 4 nitrogen and oxygen atoms in total. The van der Waals surface area contributed by atoms with Gasteiger partial charge in [-0.05, 0) is 61.4 Å². The molecule has 0 bridgehead atoms. The van der Waals surface area contributed by atoms with E-state index in [2.05, 4.69) is 76.2 Å². The van der Waals surface area contributed by atoms with E-state index in [0.29, 0.717) is 29.8 Å². The molecule has 0 atom stereocenters. The second kappa shape index (κ2) is 9.11. The predicted octanol–water partition coefficient (Wildman–Crippen LogP) is 5.33. The number of terminal acetylenes is 1. The molecule has 0 aliphatic carbocycles. The summed E-state index contributed by atoms with van der Waals surface area (Å²) < 4.78 is 0. The number of benzene rings is 3. The van der Waals surface area contributed by atoms with Crippen LogP contribution in [0.15, 0.2) is 81.3 Å². The van der Waals surface area contributed by atoms with Gasteiger partial charge in [-0.25, -0.2) is 4.98 Å². The third-order valence-corrected chi connectivity index (χ3v) is 6.29. The summed E-state index contributed by atoms with van der Waals surface area (Å²) in [6.45, 7) is 4.87. The number of fused-ring (bicyclic) bond motifs is 1. The summed E-state index contributed by atoms with van der Waals surface area (Å²) in [6.07, 6.45) is 5.66. The van der Waals surface area contributed by atoms with Crippen molar-refractivity contribution < 1.29 is 0 Å². The number of aryl methyl sites for hydroxylation is 2. The van der Waals surface area contributed by atoms with Crippen LogP contribution in [-0.2, 0) is 6.54 Å². The summed E-state index contributed by atoms with van der Waals surface area (Å²) >= 11 is 1.74. The van der Waals surface area contributed by atoms with Crippen LogP contribution >= 0.6 is 11.8 Å². The predicted molar refractivity (Wildman–Crippen MR) is 129 cm³/mol. The highest BCUT2D eigenvalue weighted by Gasteiger charge is 2.12. The molecule has 0 amide bonds. The van der Waals surface area contributed by atoms with Crippen molar-refractivity contribution in [3.05, 3.63) is 94.0 Å². The van der Waals surface area contributed by atoms with Gasteiger partial charge in [-0.1, -0.05) is 48.0 Å². The normalized spacial score (nSPS) is 10.7. The maximum Gasteiger partial charge on any atom is 0.259 e. The Morgan fingerprint density at radius 3 is 2.55 bits per heavy atom. The lowest BCUT2D eigenvalue weighted by molar-refractivity contribution is 0.880. The second-order valence-electron chi connectivity index (χ2n) is 7.38. The standard InChI is InChI=1S/C26H23N3OS/c1-4-16-29(17-20-9-7-10-23-25(20)26(30)28-19(3)27-23)21-12-14-22(15-13-21)31-24-11-6-5-8-18(24)2/h1,5-15H,16-17H2,2-3H3,(H,27,28,30). The van der Waals surface area contributed by atoms with Crippen molar-refractivity contribution in [1.82, 2.24) is 9.97 Å². The summed E-state index contributed by atoms with van der Waals surface area (Å²) in [5.41, 5.74) is 3.75. The second-order valence-corrected chi connectivity index (χ2v) is 8.50. The Labute approximate surface area is 186 Å². The van der Waals surface area contributed by atoms with Gasteiger partial charge in [-0.15, -0.1) is 6.42 Å². The molecule has 0 aliphatic heterocycles. The van der Waals surface area contributed by atoms with Crippen molar-refractivity contribution in [1.29, 1.82) is 0 Å². The van der Waals surface area contributed by atoms with E-state index in [4.69, 9.17) is 6.42 Å². The van der Waals surface area contributed by atoms with Gasteiger partial charge >= 0.3 is 0 Å². The molecule has 1 aromatic heterocycles. The van der Waals surface area contributed by atoms with Crippen LogP contribution in [0.3, 0.4) is 0 Å². The molecular formula is C26H23N3OS. The third kappa shape index (κ3) is 4.65. The zero-order chi connectivity index (χ0) is 21.8. The van der Waals surface area contributed by atoms with E-state index in [1.165, 1.54) is 15.4 Å². The molecule has 0 spiro atoms. The van der Waals surface area contributed by atoms with Crippen LogP contribution in [0.1, 0.15) is 17.0 Å². The summed E-state index contributed by atoms with van der Waals surface area (Å²) in [5.74, 6) is 3.35. The lowest BCUT2D eigenvalue weighted by Gasteiger charge is -2.23. The van der Waals surface area contributed by atoms with Crippen molar-refractivity contribution >= 4 is 28.4 Å². The molecule has 0 unspecified atom stereocenters. The average molecular weight is 426 g/mol. The van der Waals surface area contributed by atoms with Gasteiger partial charge in [0.2, 0.25) is 0 Å². The van der Waals surface area contributed by atoms with Crippen LogP contribution in [0, 0.1) is 26.2 Å². The number of aromatic amines is 1. The molecule has 154 valence electrons. The minimum absolute atomic E-state index is 0.122. The Morgan fingerprint density at radius 1 is 1.03 bits per heavy atom.